The number of piperazine rings is 1. The van der Waals surface area contributed by atoms with Crippen LogP contribution in [0.2, 0.25) is 10.0 Å². The number of nitrogens with zero attached hydrogens (tertiary/aromatic N) is 2. The molecule has 2 aromatic carbocycles. The van der Waals surface area contributed by atoms with E-state index in [-0.39, 0.29) is 41.8 Å². The Hall–Kier alpha value is -1.88. The van der Waals surface area contributed by atoms with Crippen molar-refractivity contribution in [3.8, 4) is 0 Å². The van der Waals surface area contributed by atoms with Gasteiger partial charge in [0.25, 0.3) is 5.91 Å². The number of hydrogen-bond donors (Lipinski definition) is 0. The van der Waals surface area contributed by atoms with E-state index in [1.165, 1.54) is 17.0 Å². The first-order valence-electron chi connectivity index (χ1n) is 8.53. The fourth-order valence-corrected chi connectivity index (χ4v) is 5.17. The number of rotatable bonds is 3. The lowest BCUT2D eigenvalue weighted by atomic mass is 10.1. The van der Waals surface area contributed by atoms with Gasteiger partial charge in [0, 0.05) is 26.2 Å². The van der Waals surface area contributed by atoms with Gasteiger partial charge in [-0.05, 0) is 30.3 Å². The molecular weight excluding hydrogens is 471 g/mol. The molecule has 2 aromatic rings. The number of alkyl halides is 3. The lowest BCUT2D eigenvalue weighted by molar-refractivity contribution is -0.137. The number of benzene rings is 2. The molecule has 0 N–H and O–H groups in total. The van der Waals surface area contributed by atoms with E-state index in [4.69, 9.17) is 23.2 Å². The molecule has 0 bridgehead atoms. The van der Waals surface area contributed by atoms with Crippen LogP contribution in [0.1, 0.15) is 15.9 Å². The van der Waals surface area contributed by atoms with Crippen LogP contribution in [0.3, 0.4) is 0 Å². The van der Waals surface area contributed by atoms with Gasteiger partial charge in [-0.1, -0.05) is 29.3 Å². The molecule has 3 rings (SSSR count). The first kappa shape index (κ1) is 22.8. The van der Waals surface area contributed by atoms with Gasteiger partial charge in [-0.3, -0.25) is 4.79 Å². The smallest absolute Gasteiger partial charge is 0.336 e. The Bertz CT molecular complexity index is 1070. The predicted octanol–water partition coefficient (Wildman–Crippen LogP) is 4.30. The van der Waals surface area contributed by atoms with Gasteiger partial charge in [0.15, 0.2) is 0 Å². The monoisotopic (exact) mass is 484 g/mol. The van der Waals surface area contributed by atoms with Crippen molar-refractivity contribution in [2.24, 2.45) is 0 Å². The number of amides is 1. The second-order valence-electron chi connectivity index (χ2n) is 6.44. The first-order chi connectivity index (χ1) is 13.9. The third kappa shape index (κ3) is 4.41. The second-order valence-corrected chi connectivity index (χ2v) is 9.16. The number of hydrogen-bond acceptors (Lipinski definition) is 3. The minimum Gasteiger partial charge on any atom is -0.336 e. The van der Waals surface area contributed by atoms with Gasteiger partial charge in [-0.25, -0.2) is 12.8 Å². The molecule has 1 aliphatic heterocycles. The highest BCUT2D eigenvalue weighted by atomic mass is 35.5. The van der Waals surface area contributed by atoms with Crippen LogP contribution in [0.5, 0.6) is 0 Å². The number of halogens is 6. The average molecular weight is 485 g/mol. The van der Waals surface area contributed by atoms with Crippen LogP contribution in [-0.4, -0.2) is 49.7 Å². The largest absolute Gasteiger partial charge is 0.416 e. The predicted molar refractivity (Wildman–Crippen MR) is 103 cm³/mol. The Morgan fingerprint density at radius 2 is 1.60 bits per heavy atom. The van der Waals surface area contributed by atoms with Crippen LogP contribution in [0.15, 0.2) is 41.3 Å². The second kappa shape index (κ2) is 8.33. The third-order valence-electron chi connectivity index (χ3n) is 4.58. The number of carbonyl (C=O) groups excluding carboxylic acids is 1. The standard InChI is InChI=1S/C18H14Cl2F4N2O3S/c19-12-5-4-11(18(22,23)24)10-15(12)30(28,29)26-8-6-25(7-9-26)17(27)16-13(20)2-1-3-14(16)21/h1-5,10H,6-9H2. The molecule has 1 heterocycles. The Morgan fingerprint density at radius 3 is 2.17 bits per heavy atom. The molecule has 5 nitrogen and oxygen atoms in total. The Morgan fingerprint density at radius 1 is 0.967 bits per heavy atom. The summed E-state index contributed by atoms with van der Waals surface area (Å²) < 4.78 is 79.4. The maximum absolute atomic E-state index is 14.0. The molecule has 162 valence electrons. The average Bonchev–Trinajstić information content (AvgIpc) is 2.67. The molecule has 1 aliphatic rings. The molecule has 0 radical (unpaired) electrons. The van der Waals surface area contributed by atoms with Crippen molar-refractivity contribution in [2.75, 3.05) is 26.2 Å². The van der Waals surface area contributed by atoms with Crippen molar-refractivity contribution in [3.05, 3.63) is 63.4 Å². The molecule has 0 spiro atoms. The molecule has 12 heteroatoms. The molecule has 30 heavy (non-hydrogen) atoms. The van der Waals surface area contributed by atoms with Crippen LogP contribution in [0.25, 0.3) is 0 Å². The fraction of sp³-hybridized carbons (Fsp3) is 0.278. The van der Waals surface area contributed by atoms with Gasteiger partial charge in [-0.15, -0.1) is 0 Å². The minimum absolute atomic E-state index is 0.0780. The van der Waals surface area contributed by atoms with Crippen molar-refractivity contribution in [1.82, 2.24) is 9.21 Å². The van der Waals surface area contributed by atoms with Crippen LogP contribution in [-0.2, 0) is 16.2 Å². The lowest BCUT2D eigenvalue weighted by Crippen LogP contribution is -2.50. The quantitative estimate of drug-likeness (QED) is 0.610. The van der Waals surface area contributed by atoms with Crippen molar-refractivity contribution in [3.63, 3.8) is 0 Å². The van der Waals surface area contributed by atoms with Crippen LogP contribution in [0, 0.1) is 5.82 Å². The summed E-state index contributed by atoms with van der Waals surface area (Å²) in [6.45, 7) is -0.599. The molecule has 1 saturated heterocycles. The van der Waals surface area contributed by atoms with Gasteiger partial charge in [0.2, 0.25) is 10.0 Å². The van der Waals surface area contributed by atoms with E-state index in [1.807, 2.05) is 0 Å². The molecule has 0 saturated carbocycles. The van der Waals surface area contributed by atoms with Gasteiger partial charge >= 0.3 is 6.18 Å². The maximum Gasteiger partial charge on any atom is 0.416 e. The Balaban J connectivity index is 1.80. The minimum atomic E-state index is -4.74. The zero-order valence-electron chi connectivity index (χ0n) is 15.1. The van der Waals surface area contributed by atoms with Crippen molar-refractivity contribution < 1.29 is 30.8 Å². The normalized spacial score (nSPS) is 16.0. The van der Waals surface area contributed by atoms with Gasteiger partial charge in [-0.2, -0.15) is 17.5 Å². The summed E-state index contributed by atoms with van der Waals surface area (Å²) in [6.07, 6.45) is -4.74. The van der Waals surface area contributed by atoms with Crippen molar-refractivity contribution in [1.29, 1.82) is 0 Å². The third-order valence-corrected chi connectivity index (χ3v) is 7.27. The summed E-state index contributed by atoms with van der Waals surface area (Å²) in [5.41, 5.74) is -1.47. The van der Waals surface area contributed by atoms with Gasteiger partial charge < -0.3 is 4.90 Å². The van der Waals surface area contributed by atoms with Crippen LogP contribution in [0.4, 0.5) is 17.6 Å². The molecule has 0 atom stereocenters. The molecule has 0 aliphatic carbocycles. The lowest BCUT2D eigenvalue weighted by Gasteiger charge is -2.34. The van der Waals surface area contributed by atoms with Gasteiger partial charge in [0.1, 0.15) is 10.7 Å². The zero-order chi connectivity index (χ0) is 22.3. The Labute approximate surface area is 179 Å². The molecule has 0 unspecified atom stereocenters. The summed E-state index contributed by atoms with van der Waals surface area (Å²) in [5, 5.41) is -0.426. The molecule has 1 amide bonds. The van der Waals surface area contributed by atoms with Gasteiger partial charge in [0.05, 0.1) is 21.2 Å². The summed E-state index contributed by atoms with van der Waals surface area (Å²) in [4.78, 5) is 13.1. The van der Waals surface area contributed by atoms with E-state index >= 15 is 0 Å². The van der Waals surface area contributed by atoms with E-state index in [0.717, 1.165) is 16.4 Å². The topological polar surface area (TPSA) is 57.7 Å². The van der Waals surface area contributed by atoms with E-state index in [2.05, 4.69) is 0 Å². The van der Waals surface area contributed by atoms with E-state index < -0.39 is 38.4 Å². The van der Waals surface area contributed by atoms with Crippen LogP contribution < -0.4 is 0 Å². The Kier molecular flexibility index (Phi) is 6.33. The highest BCUT2D eigenvalue weighted by Crippen LogP contribution is 2.34. The maximum atomic E-state index is 14.0. The summed E-state index contributed by atoms with van der Waals surface area (Å²) >= 11 is 11.7. The highest BCUT2D eigenvalue weighted by Gasteiger charge is 2.36. The van der Waals surface area contributed by atoms with Crippen molar-refractivity contribution >= 4 is 39.1 Å². The summed E-state index contributed by atoms with van der Waals surface area (Å²) in [7, 11) is -4.34. The molecular formula is C18H14Cl2F4N2O3S. The molecule has 1 fully saturated rings. The highest BCUT2D eigenvalue weighted by molar-refractivity contribution is 7.89. The first-order valence-corrected chi connectivity index (χ1v) is 10.7. The van der Waals surface area contributed by atoms with E-state index in [1.54, 1.807) is 0 Å². The number of carbonyl (C=O) groups is 1. The van der Waals surface area contributed by atoms with E-state index in [9.17, 15) is 30.8 Å². The zero-order valence-corrected chi connectivity index (χ0v) is 17.4. The molecule has 0 aromatic heterocycles. The van der Waals surface area contributed by atoms with Crippen LogP contribution >= 0.6 is 23.2 Å². The fourth-order valence-electron chi connectivity index (χ4n) is 3.01. The summed E-state index contributed by atoms with van der Waals surface area (Å²) in [5.74, 6) is -1.51. The summed E-state index contributed by atoms with van der Waals surface area (Å²) in [6, 6.07) is 5.82. The number of sulfonamides is 1. The van der Waals surface area contributed by atoms with Crippen molar-refractivity contribution in [2.45, 2.75) is 11.1 Å². The van der Waals surface area contributed by atoms with E-state index in [0.29, 0.717) is 12.1 Å². The SMILES string of the molecule is O=C(c1c(F)cccc1Cl)N1CCN(S(=O)(=O)c2cc(C(F)(F)F)ccc2Cl)CC1.